The van der Waals surface area contributed by atoms with Gasteiger partial charge in [-0.2, -0.15) is 0 Å². The molecule has 0 aromatic heterocycles. The Hall–Kier alpha value is -2.87. The summed E-state index contributed by atoms with van der Waals surface area (Å²) in [4.78, 5) is 14.5. The molecule has 1 fully saturated rings. The number of nitrogens with zero attached hydrogens (tertiary/aromatic N) is 2. The summed E-state index contributed by atoms with van der Waals surface area (Å²) in [5.74, 6) is 0.750. The summed E-state index contributed by atoms with van der Waals surface area (Å²) in [6.45, 7) is 3.99. The third-order valence-corrected chi connectivity index (χ3v) is 4.87. The Morgan fingerprint density at radius 1 is 1.12 bits per heavy atom. The first-order valence-corrected chi connectivity index (χ1v) is 8.51. The molecule has 2 aliphatic rings. The molecule has 0 radical (unpaired) electrons. The Morgan fingerprint density at radius 2 is 1.77 bits per heavy atom. The summed E-state index contributed by atoms with van der Waals surface area (Å²) >= 11 is 0. The minimum Gasteiger partial charge on any atom is -0.454 e. The summed E-state index contributed by atoms with van der Waals surface area (Å²) in [7, 11) is 0. The molecule has 4 rings (SSSR count). The number of halogens is 1. The van der Waals surface area contributed by atoms with E-state index in [1.54, 1.807) is 18.2 Å². The summed E-state index contributed by atoms with van der Waals surface area (Å²) < 4.78 is 23.7. The van der Waals surface area contributed by atoms with Gasteiger partial charge in [0, 0.05) is 5.69 Å². The number of nitro benzene ring substituents is 1. The van der Waals surface area contributed by atoms with E-state index in [1.807, 2.05) is 0 Å². The van der Waals surface area contributed by atoms with Crippen molar-refractivity contribution in [3.8, 4) is 11.5 Å². The molecule has 1 saturated heterocycles. The van der Waals surface area contributed by atoms with Crippen LogP contribution < -0.4 is 19.3 Å². The first-order valence-electron chi connectivity index (χ1n) is 8.51. The zero-order chi connectivity index (χ0) is 18.1. The monoisotopic (exact) mass is 360 g/mol. The van der Waals surface area contributed by atoms with Crippen LogP contribution in [-0.2, 0) is 6.54 Å². The molecule has 2 aliphatic heterocycles. The van der Waals surface area contributed by atoms with Crippen molar-refractivity contribution in [2.24, 2.45) is 0 Å². The van der Waals surface area contributed by atoms with Crippen LogP contribution in [0.5, 0.6) is 11.5 Å². The van der Waals surface area contributed by atoms with Crippen LogP contribution in [0, 0.1) is 15.9 Å². The second kappa shape index (κ2) is 6.80. The largest absolute Gasteiger partial charge is 0.454 e. The first-order chi connectivity index (χ1) is 12.6. The molecule has 7 nitrogen and oxygen atoms in total. The van der Waals surface area contributed by atoms with E-state index in [0.717, 1.165) is 31.9 Å². The summed E-state index contributed by atoms with van der Waals surface area (Å²) in [6, 6.07) is 9.66. The molecule has 2 aromatic carbocycles. The number of benzene rings is 2. The van der Waals surface area contributed by atoms with Crippen molar-refractivity contribution in [3.05, 3.63) is 57.9 Å². The maximum absolute atomic E-state index is 13.1. The van der Waals surface area contributed by atoms with Crippen LogP contribution in [0.4, 0.5) is 15.8 Å². The van der Waals surface area contributed by atoms with E-state index in [4.69, 9.17) is 9.47 Å². The van der Waals surface area contributed by atoms with E-state index in [9.17, 15) is 14.5 Å². The molecule has 0 amide bonds. The predicted octanol–water partition coefficient (Wildman–Crippen LogP) is 1.37. The fourth-order valence-corrected chi connectivity index (χ4v) is 3.46. The quantitative estimate of drug-likeness (QED) is 0.659. The van der Waals surface area contributed by atoms with Crippen molar-refractivity contribution in [1.82, 2.24) is 0 Å². The molecule has 2 aromatic rings. The summed E-state index contributed by atoms with van der Waals surface area (Å²) in [6.07, 6.45) is 0. The topological polar surface area (TPSA) is 69.3 Å². The molecule has 8 heteroatoms. The molecule has 0 saturated carbocycles. The lowest BCUT2D eigenvalue weighted by Crippen LogP contribution is -3.13. The fourth-order valence-electron chi connectivity index (χ4n) is 3.46. The van der Waals surface area contributed by atoms with Gasteiger partial charge in [0.1, 0.15) is 12.4 Å². The third kappa shape index (κ3) is 3.28. The van der Waals surface area contributed by atoms with Crippen molar-refractivity contribution in [3.63, 3.8) is 0 Å². The lowest BCUT2D eigenvalue weighted by Gasteiger charge is -2.33. The Morgan fingerprint density at radius 3 is 2.42 bits per heavy atom. The van der Waals surface area contributed by atoms with Crippen molar-refractivity contribution in [1.29, 1.82) is 0 Å². The van der Waals surface area contributed by atoms with E-state index in [2.05, 4.69) is 4.90 Å². The van der Waals surface area contributed by atoms with E-state index in [0.29, 0.717) is 23.6 Å². The van der Waals surface area contributed by atoms with E-state index in [-0.39, 0.29) is 23.2 Å². The van der Waals surface area contributed by atoms with Crippen LogP contribution in [0.25, 0.3) is 0 Å². The van der Waals surface area contributed by atoms with Gasteiger partial charge >= 0.3 is 0 Å². The van der Waals surface area contributed by atoms with Crippen LogP contribution in [-0.4, -0.2) is 37.9 Å². The normalized spacial score (nSPS) is 16.7. The average molecular weight is 360 g/mol. The highest BCUT2D eigenvalue weighted by atomic mass is 19.1. The molecule has 0 unspecified atom stereocenters. The second-order valence-corrected chi connectivity index (χ2v) is 6.48. The third-order valence-electron chi connectivity index (χ3n) is 4.87. The highest BCUT2D eigenvalue weighted by molar-refractivity contribution is 5.55. The van der Waals surface area contributed by atoms with Gasteiger partial charge in [0.05, 0.1) is 42.7 Å². The number of nitrogens with one attached hydrogen (secondary N) is 1. The maximum atomic E-state index is 13.1. The van der Waals surface area contributed by atoms with Gasteiger partial charge in [0.2, 0.25) is 6.79 Å². The Balaban J connectivity index is 1.44. The number of fused-ring (bicyclic) bond motifs is 1. The molecule has 0 atom stereocenters. The Bertz CT molecular complexity index is 820. The number of nitro groups is 1. The number of hydrogen-bond donors (Lipinski definition) is 1. The molecule has 1 N–H and O–H groups in total. The zero-order valence-corrected chi connectivity index (χ0v) is 14.1. The van der Waals surface area contributed by atoms with Crippen LogP contribution >= 0.6 is 0 Å². The zero-order valence-electron chi connectivity index (χ0n) is 14.1. The Kier molecular flexibility index (Phi) is 4.34. The molecule has 26 heavy (non-hydrogen) atoms. The number of rotatable bonds is 4. The number of anilines is 1. The Labute approximate surface area is 149 Å². The number of piperazine rings is 1. The minimum atomic E-state index is -0.370. The van der Waals surface area contributed by atoms with Gasteiger partial charge in [-0.1, -0.05) is 0 Å². The smallest absolute Gasteiger partial charge is 0.282 e. The lowest BCUT2D eigenvalue weighted by molar-refractivity contribution is -0.914. The van der Waals surface area contributed by atoms with Crippen molar-refractivity contribution < 1.29 is 23.7 Å². The molecule has 2 heterocycles. The van der Waals surface area contributed by atoms with Crippen molar-refractivity contribution in [2.75, 3.05) is 37.9 Å². The van der Waals surface area contributed by atoms with Gasteiger partial charge in [0.25, 0.3) is 5.69 Å². The van der Waals surface area contributed by atoms with Crippen LogP contribution in [0.2, 0.25) is 0 Å². The van der Waals surface area contributed by atoms with Crippen molar-refractivity contribution in [2.45, 2.75) is 6.54 Å². The first kappa shape index (κ1) is 16.6. The van der Waals surface area contributed by atoms with Crippen molar-refractivity contribution >= 4 is 11.4 Å². The second-order valence-electron chi connectivity index (χ2n) is 6.48. The lowest BCUT2D eigenvalue weighted by atomic mass is 10.1. The van der Waals surface area contributed by atoms with Gasteiger partial charge in [0.15, 0.2) is 11.5 Å². The molecule has 0 spiro atoms. The number of quaternary nitrogens is 1. The average Bonchev–Trinajstić information content (AvgIpc) is 3.10. The van der Waals surface area contributed by atoms with Gasteiger partial charge in [-0.25, -0.2) is 4.39 Å². The minimum absolute atomic E-state index is 0.0720. The van der Waals surface area contributed by atoms with E-state index >= 15 is 0 Å². The molecule has 0 bridgehead atoms. The van der Waals surface area contributed by atoms with Gasteiger partial charge in [-0.15, -0.1) is 0 Å². The van der Waals surface area contributed by atoms with E-state index in [1.165, 1.54) is 23.1 Å². The van der Waals surface area contributed by atoms with Gasteiger partial charge in [-0.3, -0.25) is 10.1 Å². The fraction of sp³-hybridized carbons (Fsp3) is 0.333. The molecule has 0 aliphatic carbocycles. The predicted molar refractivity (Wildman–Crippen MR) is 92.2 cm³/mol. The van der Waals surface area contributed by atoms with Gasteiger partial charge in [-0.05, 0) is 30.3 Å². The number of hydrogen-bond acceptors (Lipinski definition) is 5. The molecular weight excluding hydrogens is 341 g/mol. The van der Waals surface area contributed by atoms with Crippen LogP contribution in [0.1, 0.15) is 5.56 Å². The summed E-state index contributed by atoms with van der Waals surface area (Å²) in [5, 5.41) is 11.4. The highest BCUT2D eigenvalue weighted by Crippen LogP contribution is 2.37. The highest BCUT2D eigenvalue weighted by Gasteiger charge is 2.27. The van der Waals surface area contributed by atoms with E-state index < -0.39 is 0 Å². The van der Waals surface area contributed by atoms with Crippen LogP contribution in [0.15, 0.2) is 36.4 Å². The molecule has 136 valence electrons. The SMILES string of the molecule is O=[N+]([O-])c1cc2c(cc1C[NH+]1CCN(c3ccc(F)cc3)CC1)OCO2. The number of ether oxygens (including phenoxy) is 2. The van der Waals surface area contributed by atoms with Gasteiger partial charge < -0.3 is 19.3 Å². The maximum Gasteiger partial charge on any atom is 0.282 e. The standard InChI is InChI=1S/C18H18FN3O4/c19-14-1-3-15(4-2-14)21-7-5-20(6-8-21)11-13-9-17-18(26-12-25-17)10-16(13)22(23)24/h1-4,9-10H,5-8,11-12H2/p+1. The summed E-state index contributed by atoms with van der Waals surface area (Å²) in [5.41, 5.74) is 1.73. The van der Waals surface area contributed by atoms with Crippen LogP contribution in [0.3, 0.4) is 0 Å². The molecular formula is C18H19FN3O4+.